The van der Waals surface area contributed by atoms with E-state index in [9.17, 15) is 38.4 Å². The fourth-order valence-electron chi connectivity index (χ4n) is 7.95. The van der Waals surface area contributed by atoms with Crippen molar-refractivity contribution < 1.29 is 71.9 Å². The largest absolute Gasteiger partial charge is 0.480 e. The smallest absolute Gasteiger partial charge is 0.410 e. The molecule has 272 valence electrons. The third-order valence-electron chi connectivity index (χ3n) is 9.91. The maximum atomic E-state index is 13.3. The van der Waals surface area contributed by atoms with Gasteiger partial charge < -0.3 is 49.1 Å². The van der Waals surface area contributed by atoms with Crippen molar-refractivity contribution in [2.24, 2.45) is 29.6 Å². The van der Waals surface area contributed by atoms with Crippen LogP contribution in [-0.2, 0) is 62.0 Å². The minimum absolute atomic E-state index is 0.0455. The van der Waals surface area contributed by atoms with Crippen molar-refractivity contribution in [3.05, 3.63) is 11.5 Å². The van der Waals surface area contributed by atoms with Crippen molar-refractivity contribution in [2.75, 3.05) is 26.2 Å². The van der Waals surface area contributed by atoms with Crippen LogP contribution in [0, 0.1) is 29.6 Å². The Balaban J connectivity index is 1.09. The number of rotatable bonds is 7. The molecule has 3 heterocycles. The summed E-state index contributed by atoms with van der Waals surface area (Å²) in [5.74, 6) is -14.4. The van der Waals surface area contributed by atoms with Gasteiger partial charge in [-0.05, 0) is 64.7 Å². The van der Waals surface area contributed by atoms with E-state index in [-0.39, 0.29) is 37.8 Å². The second-order valence-corrected chi connectivity index (χ2v) is 14.6. The standard InChI is InChI=1S/C32H39N3O15/c1-30(2,3)50-29(44)35-6-4-31(5-7-35)46-25(41)21(26(42)47-31)23(39)34-14-20(38)45-28-22(24(40)33-13-19(36)37)27(43)48-32(49-28)17-9-15-8-16(11-17)12-18(32)10-15/h15-18,21H,4-14H2,1-3H3,(H,33,40)(H,34,39)(H,36,37). The quantitative estimate of drug-likeness (QED) is 0.139. The lowest BCUT2D eigenvalue weighted by Gasteiger charge is -2.59. The number of aliphatic carboxylic acids is 1. The second-order valence-electron chi connectivity index (χ2n) is 14.6. The first-order valence-electron chi connectivity index (χ1n) is 16.6. The highest BCUT2D eigenvalue weighted by Crippen LogP contribution is 2.61. The molecule has 4 aliphatic carbocycles. The number of amides is 3. The molecule has 6 fully saturated rings. The lowest BCUT2D eigenvalue weighted by atomic mass is 9.53. The fraction of sp³-hybridized carbons (Fsp3) is 0.688. The van der Waals surface area contributed by atoms with E-state index in [1.807, 2.05) is 5.32 Å². The van der Waals surface area contributed by atoms with Gasteiger partial charge in [-0.1, -0.05) is 0 Å². The van der Waals surface area contributed by atoms with Crippen molar-refractivity contribution in [1.82, 2.24) is 15.5 Å². The lowest BCUT2D eigenvalue weighted by Crippen LogP contribution is -2.63. The Hall–Kier alpha value is -4.90. The summed E-state index contributed by atoms with van der Waals surface area (Å²) in [4.78, 5) is 103. The summed E-state index contributed by atoms with van der Waals surface area (Å²) in [7, 11) is 0. The Morgan fingerprint density at radius 1 is 0.840 bits per heavy atom. The van der Waals surface area contributed by atoms with Gasteiger partial charge in [0.15, 0.2) is 0 Å². The number of carbonyl (C=O) groups excluding carboxylic acids is 7. The average molecular weight is 706 g/mol. The monoisotopic (exact) mass is 705 g/mol. The van der Waals surface area contributed by atoms with Gasteiger partial charge in [0.1, 0.15) is 18.7 Å². The van der Waals surface area contributed by atoms with E-state index in [1.165, 1.54) is 4.90 Å². The van der Waals surface area contributed by atoms with E-state index in [2.05, 4.69) is 5.32 Å². The number of ether oxygens (including phenoxy) is 6. The zero-order chi connectivity index (χ0) is 36.2. The fourth-order valence-corrected chi connectivity index (χ4v) is 7.95. The molecule has 0 aromatic carbocycles. The van der Waals surface area contributed by atoms with Crippen molar-refractivity contribution in [3.8, 4) is 0 Å². The molecule has 18 heteroatoms. The number of nitrogens with one attached hydrogen (secondary N) is 2. The molecule has 7 rings (SSSR count). The summed E-state index contributed by atoms with van der Waals surface area (Å²) in [6.45, 7) is 3.42. The third-order valence-corrected chi connectivity index (χ3v) is 9.91. The van der Waals surface area contributed by atoms with Gasteiger partial charge in [-0.3, -0.25) is 24.0 Å². The molecule has 0 unspecified atom stereocenters. The Labute approximate surface area is 285 Å². The minimum atomic E-state index is -2.08. The zero-order valence-electron chi connectivity index (χ0n) is 27.8. The van der Waals surface area contributed by atoms with Crippen molar-refractivity contribution in [2.45, 2.75) is 82.9 Å². The summed E-state index contributed by atoms with van der Waals surface area (Å²) >= 11 is 0. The van der Waals surface area contributed by atoms with E-state index in [4.69, 9.17) is 33.5 Å². The molecule has 3 aliphatic heterocycles. The predicted molar refractivity (Wildman–Crippen MR) is 159 cm³/mol. The van der Waals surface area contributed by atoms with Crippen LogP contribution < -0.4 is 10.6 Å². The van der Waals surface area contributed by atoms with Gasteiger partial charge in [0.2, 0.25) is 17.4 Å². The SMILES string of the molecule is CC(C)(C)OC(=O)N1CCC2(CC1)OC(=O)C(C(=O)NCC(=O)OC1=C(C(=O)NCC(=O)O)C(=O)OC3(O1)C1CC4CC(C1)CC3C4)C(=O)O2. The molecular weight excluding hydrogens is 666 g/mol. The number of carbonyl (C=O) groups is 8. The molecule has 50 heavy (non-hydrogen) atoms. The Morgan fingerprint density at radius 2 is 1.42 bits per heavy atom. The summed E-state index contributed by atoms with van der Waals surface area (Å²) in [5, 5.41) is 13.1. The van der Waals surface area contributed by atoms with Gasteiger partial charge in [0.25, 0.3) is 17.5 Å². The van der Waals surface area contributed by atoms with E-state index in [1.54, 1.807) is 20.8 Å². The van der Waals surface area contributed by atoms with E-state index >= 15 is 0 Å². The molecule has 3 amide bonds. The van der Waals surface area contributed by atoms with Crippen LogP contribution in [0.5, 0.6) is 0 Å². The van der Waals surface area contributed by atoms with Gasteiger partial charge in [-0.25, -0.2) is 14.4 Å². The van der Waals surface area contributed by atoms with Crippen LogP contribution in [-0.4, -0.2) is 101 Å². The molecule has 4 saturated carbocycles. The number of carboxylic acid groups (broad SMARTS) is 1. The first kappa shape index (κ1) is 34.9. The highest BCUT2D eigenvalue weighted by Gasteiger charge is 2.64. The summed E-state index contributed by atoms with van der Waals surface area (Å²) in [6.07, 6.45) is 3.17. The normalized spacial score (nSPS) is 29.8. The molecule has 0 atom stereocenters. The minimum Gasteiger partial charge on any atom is -0.480 e. The molecule has 18 nitrogen and oxygen atoms in total. The Kier molecular flexibility index (Phi) is 8.92. The third kappa shape index (κ3) is 6.79. The van der Waals surface area contributed by atoms with Crippen molar-refractivity contribution >= 4 is 47.8 Å². The van der Waals surface area contributed by atoms with Crippen LogP contribution >= 0.6 is 0 Å². The molecule has 0 aromatic heterocycles. The molecule has 0 aromatic rings. The van der Waals surface area contributed by atoms with Gasteiger partial charge in [-0.15, -0.1) is 0 Å². The molecule has 7 aliphatic rings. The summed E-state index contributed by atoms with van der Waals surface area (Å²) in [5.41, 5.74) is -1.60. The lowest BCUT2D eigenvalue weighted by molar-refractivity contribution is -0.325. The number of hydrogen-bond donors (Lipinski definition) is 3. The summed E-state index contributed by atoms with van der Waals surface area (Å²) in [6, 6.07) is 0. The van der Waals surface area contributed by atoms with E-state index in [0.29, 0.717) is 37.5 Å². The highest BCUT2D eigenvalue weighted by atomic mass is 16.8. The maximum Gasteiger partial charge on any atom is 0.410 e. The van der Waals surface area contributed by atoms with E-state index < -0.39 is 95.5 Å². The number of piperidine rings is 1. The van der Waals surface area contributed by atoms with Crippen LogP contribution in [0.2, 0.25) is 0 Å². The van der Waals surface area contributed by atoms with Gasteiger partial charge in [-0.2, -0.15) is 0 Å². The summed E-state index contributed by atoms with van der Waals surface area (Å²) < 4.78 is 33.2. The number of hydrogen-bond acceptors (Lipinski definition) is 14. The molecule has 4 bridgehead atoms. The first-order chi connectivity index (χ1) is 23.5. The molecule has 2 spiro atoms. The van der Waals surface area contributed by atoms with Crippen LogP contribution in [0.3, 0.4) is 0 Å². The van der Waals surface area contributed by atoms with Gasteiger partial charge in [0, 0.05) is 37.8 Å². The number of esters is 4. The van der Waals surface area contributed by atoms with Gasteiger partial charge >= 0.3 is 41.9 Å². The number of nitrogens with zero attached hydrogens (tertiary/aromatic N) is 1. The highest BCUT2D eigenvalue weighted by molar-refractivity contribution is 6.17. The first-order valence-corrected chi connectivity index (χ1v) is 16.6. The molecule has 2 saturated heterocycles. The predicted octanol–water partition coefficient (Wildman–Crippen LogP) is 0.227. The van der Waals surface area contributed by atoms with Crippen molar-refractivity contribution in [1.29, 1.82) is 0 Å². The van der Waals surface area contributed by atoms with Crippen molar-refractivity contribution in [3.63, 3.8) is 0 Å². The van der Waals surface area contributed by atoms with Crippen LogP contribution in [0.1, 0.15) is 65.7 Å². The Morgan fingerprint density at radius 3 is 1.96 bits per heavy atom. The van der Waals surface area contributed by atoms with Crippen LogP contribution in [0.25, 0.3) is 0 Å². The zero-order valence-corrected chi connectivity index (χ0v) is 27.8. The van der Waals surface area contributed by atoms with Crippen LogP contribution in [0.4, 0.5) is 4.79 Å². The number of likely N-dealkylation sites (tertiary alicyclic amines) is 1. The number of carboxylic acids is 1. The van der Waals surface area contributed by atoms with Crippen LogP contribution in [0.15, 0.2) is 11.5 Å². The Bertz CT molecular complexity index is 1510. The topological polar surface area (TPSA) is 239 Å². The maximum absolute atomic E-state index is 13.3. The molecule has 3 N–H and O–H groups in total. The molecule has 0 radical (unpaired) electrons. The van der Waals surface area contributed by atoms with Gasteiger partial charge in [0.05, 0.1) is 0 Å². The molecular formula is C32H39N3O15. The second kappa shape index (κ2) is 12.8. The average Bonchev–Trinajstić information content (AvgIpc) is 3.00. The van der Waals surface area contributed by atoms with E-state index in [0.717, 1.165) is 6.42 Å².